The van der Waals surface area contributed by atoms with Gasteiger partial charge in [0, 0.05) is 41.3 Å². The van der Waals surface area contributed by atoms with Crippen LogP contribution in [0.1, 0.15) is 61.1 Å². The zero-order valence-electron chi connectivity index (χ0n) is 24.4. The molecular weight excluding hydrogens is 530 g/mol. The van der Waals surface area contributed by atoms with Gasteiger partial charge in [0.05, 0.1) is 30.6 Å². The number of anilines is 2. The van der Waals surface area contributed by atoms with Crippen molar-refractivity contribution in [1.29, 1.82) is 0 Å². The molecule has 0 radical (unpaired) electrons. The zero-order chi connectivity index (χ0) is 29.3. The van der Waals surface area contributed by atoms with Gasteiger partial charge in [0.1, 0.15) is 5.75 Å². The van der Waals surface area contributed by atoms with Gasteiger partial charge >= 0.3 is 0 Å². The Bertz CT molecular complexity index is 1560. The van der Waals surface area contributed by atoms with Crippen LogP contribution in [0.2, 0.25) is 0 Å². The summed E-state index contributed by atoms with van der Waals surface area (Å²) in [6.07, 6.45) is 1.81. The molecule has 7 nitrogen and oxygen atoms in total. The zero-order valence-corrected chi connectivity index (χ0v) is 25.3. The van der Waals surface area contributed by atoms with Gasteiger partial charge in [-0.3, -0.25) is 9.78 Å². The van der Waals surface area contributed by atoms with Gasteiger partial charge in [0.15, 0.2) is 5.11 Å². The minimum atomic E-state index is -0.534. The fraction of sp³-hybridized carbons (Fsp3) is 0.303. The highest BCUT2D eigenvalue weighted by atomic mass is 32.1. The molecule has 0 spiro atoms. The van der Waals surface area contributed by atoms with Crippen LogP contribution in [0.5, 0.6) is 5.75 Å². The Labute approximate surface area is 247 Å². The van der Waals surface area contributed by atoms with Crippen LogP contribution in [-0.2, 0) is 11.3 Å². The summed E-state index contributed by atoms with van der Waals surface area (Å²) in [7, 11) is 1.61. The van der Waals surface area contributed by atoms with Crippen LogP contribution >= 0.6 is 12.2 Å². The number of ether oxygens (including phenoxy) is 1. The molecule has 0 aliphatic carbocycles. The van der Waals surface area contributed by atoms with Crippen LogP contribution in [0.4, 0.5) is 11.4 Å². The van der Waals surface area contributed by atoms with Gasteiger partial charge in [-0.25, -0.2) is 0 Å². The fourth-order valence-electron chi connectivity index (χ4n) is 5.33. The van der Waals surface area contributed by atoms with Crippen molar-refractivity contribution >= 4 is 34.6 Å². The van der Waals surface area contributed by atoms with E-state index in [4.69, 9.17) is 21.9 Å². The number of hydrogen-bond acceptors (Lipinski definition) is 4. The molecule has 2 atom stereocenters. The Hall–Kier alpha value is -4.17. The molecule has 1 amide bonds. The van der Waals surface area contributed by atoms with Crippen molar-refractivity contribution in [1.82, 2.24) is 14.9 Å². The lowest BCUT2D eigenvalue weighted by molar-refractivity contribution is -0.123. The molecule has 3 heterocycles. The Morgan fingerprint density at radius 1 is 1.05 bits per heavy atom. The Morgan fingerprint density at radius 2 is 1.78 bits per heavy atom. The van der Waals surface area contributed by atoms with E-state index >= 15 is 0 Å². The van der Waals surface area contributed by atoms with Crippen LogP contribution in [0.15, 0.2) is 79.0 Å². The first kappa shape index (κ1) is 28.4. The van der Waals surface area contributed by atoms with E-state index in [-0.39, 0.29) is 18.0 Å². The molecule has 1 aliphatic heterocycles. The van der Waals surface area contributed by atoms with E-state index in [0.29, 0.717) is 16.5 Å². The minimum Gasteiger partial charge on any atom is -0.494 e. The number of thiocarbonyl (C=S) groups is 1. The number of aryl methyl sites for hydroxylation is 1. The standard InChI is InChI=1S/C33H37N5O2S/c1-21-18-25(22(2)37(21)20-23-12-8-7-9-13-23)30-29(27-14-10-11-17-34-27)36-32(41)38(30)24-15-16-26(28(19-24)40-6)35-31(39)33(3,4)5/h7-19,29-30H,20H2,1-6H3,(H,35,39)(H,36,41)/t29-,30-/m1/s1. The third-order valence-electron chi connectivity index (χ3n) is 7.61. The highest BCUT2D eigenvalue weighted by Crippen LogP contribution is 2.45. The van der Waals surface area contributed by atoms with E-state index in [1.54, 1.807) is 7.11 Å². The summed E-state index contributed by atoms with van der Waals surface area (Å²) in [4.78, 5) is 19.6. The number of methoxy groups -OCH3 is 1. The van der Waals surface area contributed by atoms with Crippen molar-refractivity contribution in [2.24, 2.45) is 5.41 Å². The second-order valence-electron chi connectivity index (χ2n) is 11.5. The van der Waals surface area contributed by atoms with Gasteiger partial charge in [-0.1, -0.05) is 57.2 Å². The summed E-state index contributed by atoms with van der Waals surface area (Å²) in [6.45, 7) is 10.8. The summed E-state index contributed by atoms with van der Waals surface area (Å²) in [5, 5.41) is 7.16. The molecule has 1 aliphatic rings. The lowest BCUT2D eigenvalue weighted by Crippen LogP contribution is -2.30. The van der Waals surface area contributed by atoms with E-state index in [1.165, 1.54) is 22.5 Å². The maximum atomic E-state index is 12.7. The molecule has 2 aromatic carbocycles. The number of rotatable bonds is 7. The average Bonchev–Trinajstić information content (AvgIpc) is 3.44. The molecule has 0 bridgehead atoms. The topological polar surface area (TPSA) is 71.4 Å². The number of nitrogens with zero attached hydrogens (tertiary/aromatic N) is 3. The highest BCUT2D eigenvalue weighted by Gasteiger charge is 2.42. The maximum absolute atomic E-state index is 12.7. The second-order valence-corrected chi connectivity index (χ2v) is 11.9. The second kappa shape index (κ2) is 11.4. The number of carbonyl (C=O) groups excluding carboxylic acids is 1. The van der Waals surface area contributed by atoms with Gasteiger partial charge in [-0.15, -0.1) is 0 Å². The molecule has 5 rings (SSSR count). The molecule has 0 saturated carbocycles. The number of nitrogens with one attached hydrogen (secondary N) is 2. The van der Waals surface area contributed by atoms with Crippen LogP contribution in [-0.4, -0.2) is 27.7 Å². The lowest BCUT2D eigenvalue weighted by atomic mass is 9.95. The van der Waals surface area contributed by atoms with E-state index in [9.17, 15) is 4.79 Å². The van der Waals surface area contributed by atoms with E-state index < -0.39 is 5.41 Å². The van der Waals surface area contributed by atoms with Crippen molar-refractivity contribution in [2.45, 2.75) is 53.2 Å². The van der Waals surface area contributed by atoms with Gasteiger partial charge in [0.2, 0.25) is 5.91 Å². The molecular formula is C33H37N5O2S. The molecule has 1 saturated heterocycles. The van der Waals surface area contributed by atoms with E-state index in [2.05, 4.69) is 64.3 Å². The third-order valence-corrected chi connectivity index (χ3v) is 7.92. The van der Waals surface area contributed by atoms with Crippen molar-refractivity contribution in [3.8, 4) is 5.75 Å². The van der Waals surface area contributed by atoms with Gasteiger partial charge in [-0.05, 0) is 67.5 Å². The Morgan fingerprint density at radius 3 is 2.44 bits per heavy atom. The normalized spacial score (nSPS) is 16.9. The quantitative estimate of drug-likeness (QED) is 0.242. The van der Waals surface area contributed by atoms with Crippen molar-refractivity contribution in [3.63, 3.8) is 0 Å². The number of amides is 1. The molecule has 1 fully saturated rings. The van der Waals surface area contributed by atoms with Gasteiger partial charge < -0.3 is 24.8 Å². The van der Waals surface area contributed by atoms with Crippen molar-refractivity contribution < 1.29 is 9.53 Å². The number of benzene rings is 2. The number of aromatic nitrogens is 2. The largest absolute Gasteiger partial charge is 0.494 e. The number of carbonyl (C=O) groups is 1. The maximum Gasteiger partial charge on any atom is 0.229 e. The first-order valence-corrected chi connectivity index (χ1v) is 14.2. The highest BCUT2D eigenvalue weighted by molar-refractivity contribution is 7.80. The van der Waals surface area contributed by atoms with Crippen LogP contribution < -0.4 is 20.3 Å². The monoisotopic (exact) mass is 567 g/mol. The summed E-state index contributed by atoms with van der Waals surface area (Å²) in [5.41, 5.74) is 6.63. The predicted octanol–water partition coefficient (Wildman–Crippen LogP) is 6.72. The molecule has 8 heteroatoms. The third kappa shape index (κ3) is 5.70. The first-order valence-electron chi connectivity index (χ1n) is 13.8. The molecule has 41 heavy (non-hydrogen) atoms. The summed E-state index contributed by atoms with van der Waals surface area (Å²) >= 11 is 5.97. The first-order chi connectivity index (χ1) is 19.6. The average molecular weight is 568 g/mol. The molecule has 212 valence electrons. The smallest absolute Gasteiger partial charge is 0.229 e. The molecule has 4 aromatic rings. The lowest BCUT2D eigenvalue weighted by Gasteiger charge is -2.29. The van der Waals surface area contributed by atoms with Gasteiger partial charge in [-0.2, -0.15) is 0 Å². The predicted molar refractivity (Wildman–Crippen MR) is 168 cm³/mol. The summed E-state index contributed by atoms with van der Waals surface area (Å²) < 4.78 is 8.09. The number of hydrogen-bond donors (Lipinski definition) is 2. The minimum absolute atomic E-state index is 0.0825. The van der Waals surface area contributed by atoms with Crippen LogP contribution in [0, 0.1) is 19.3 Å². The van der Waals surface area contributed by atoms with E-state index in [0.717, 1.165) is 17.9 Å². The summed E-state index contributed by atoms with van der Waals surface area (Å²) in [6, 6.07) is 24.2. The van der Waals surface area contributed by atoms with E-state index in [1.807, 2.05) is 69.4 Å². The SMILES string of the molecule is COc1cc(N2C(=S)N[C@H](c3ccccn3)[C@H]2c2cc(C)n(Cc3ccccc3)c2C)ccc1NC(=O)C(C)(C)C. The molecule has 0 unspecified atom stereocenters. The Balaban J connectivity index is 1.59. The van der Waals surface area contributed by atoms with Crippen LogP contribution in [0.25, 0.3) is 0 Å². The van der Waals surface area contributed by atoms with Crippen molar-refractivity contribution in [3.05, 3.63) is 107 Å². The van der Waals surface area contributed by atoms with Crippen LogP contribution in [0.3, 0.4) is 0 Å². The number of pyridine rings is 1. The van der Waals surface area contributed by atoms with Gasteiger partial charge in [0.25, 0.3) is 0 Å². The summed E-state index contributed by atoms with van der Waals surface area (Å²) in [5.74, 6) is 0.485. The van der Waals surface area contributed by atoms with Crippen molar-refractivity contribution in [2.75, 3.05) is 17.3 Å². The molecule has 2 aromatic heterocycles. The Kier molecular flexibility index (Phi) is 7.87. The molecule has 2 N–H and O–H groups in total. The fourth-order valence-corrected chi connectivity index (χ4v) is 5.67.